The summed E-state index contributed by atoms with van der Waals surface area (Å²) >= 11 is 0. The third-order valence-corrected chi connectivity index (χ3v) is 6.09. The van der Waals surface area contributed by atoms with E-state index >= 15 is 0 Å². The second-order valence-electron chi connectivity index (χ2n) is 4.48. The van der Waals surface area contributed by atoms with Crippen LogP contribution in [0.2, 0.25) is 0 Å². The van der Waals surface area contributed by atoms with Gasteiger partial charge in [-0.2, -0.15) is 0 Å². The molecule has 1 aromatic rings. The Bertz CT molecular complexity index is 469. The van der Waals surface area contributed by atoms with E-state index in [1.54, 1.807) is 11.2 Å². The first-order valence-electron chi connectivity index (χ1n) is 5.54. The van der Waals surface area contributed by atoms with Crippen LogP contribution >= 0.6 is 0 Å². The van der Waals surface area contributed by atoms with E-state index < -0.39 is 10.0 Å². The molecule has 16 heavy (non-hydrogen) atoms. The van der Waals surface area contributed by atoms with E-state index in [4.69, 9.17) is 0 Å². The molecule has 0 aliphatic carbocycles. The highest BCUT2D eigenvalue weighted by molar-refractivity contribution is 7.93. The van der Waals surface area contributed by atoms with E-state index in [9.17, 15) is 8.42 Å². The highest BCUT2D eigenvalue weighted by Gasteiger charge is 2.46. The van der Waals surface area contributed by atoms with Crippen LogP contribution in [0.5, 0.6) is 0 Å². The molecule has 3 nitrogen and oxygen atoms in total. The van der Waals surface area contributed by atoms with Gasteiger partial charge in [0.2, 0.25) is 10.0 Å². The molecule has 1 aromatic carbocycles. The van der Waals surface area contributed by atoms with Crippen LogP contribution in [0.25, 0.3) is 0 Å². The third kappa shape index (κ3) is 1.52. The van der Waals surface area contributed by atoms with E-state index in [1.165, 1.54) is 0 Å². The van der Waals surface area contributed by atoms with Crippen molar-refractivity contribution in [3.05, 3.63) is 30.3 Å². The van der Waals surface area contributed by atoms with Crippen molar-refractivity contribution in [2.75, 3.05) is 4.31 Å². The van der Waals surface area contributed by atoms with Crippen molar-refractivity contribution in [1.82, 2.24) is 0 Å². The summed E-state index contributed by atoms with van der Waals surface area (Å²) in [4.78, 5) is 0. The summed E-state index contributed by atoms with van der Waals surface area (Å²) in [6.45, 7) is 5.76. The standard InChI is InChI=1S/C12H17NO2S/c1-9-10(2)13(16(14,15)11(9)3)12-7-5-4-6-8-12/h4-11H,1-3H3. The highest BCUT2D eigenvalue weighted by Crippen LogP contribution is 2.36. The van der Waals surface area contributed by atoms with Gasteiger partial charge in [-0.3, -0.25) is 4.31 Å². The molecule has 0 saturated carbocycles. The van der Waals surface area contributed by atoms with Gasteiger partial charge >= 0.3 is 0 Å². The van der Waals surface area contributed by atoms with Crippen molar-refractivity contribution in [3.63, 3.8) is 0 Å². The summed E-state index contributed by atoms with van der Waals surface area (Å²) in [5, 5.41) is -0.303. The van der Waals surface area contributed by atoms with Crippen molar-refractivity contribution in [1.29, 1.82) is 0 Å². The summed E-state index contributed by atoms with van der Waals surface area (Å²) in [5.41, 5.74) is 0.770. The van der Waals surface area contributed by atoms with Crippen molar-refractivity contribution in [2.45, 2.75) is 32.1 Å². The van der Waals surface area contributed by atoms with Gasteiger partial charge in [0.1, 0.15) is 0 Å². The second-order valence-corrected chi connectivity index (χ2v) is 6.65. The quantitative estimate of drug-likeness (QED) is 0.753. The first-order valence-corrected chi connectivity index (χ1v) is 7.05. The molecule has 88 valence electrons. The van der Waals surface area contributed by atoms with Crippen LogP contribution < -0.4 is 4.31 Å². The summed E-state index contributed by atoms with van der Waals surface area (Å²) in [5.74, 6) is 0.158. The smallest absolute Gasteiger partial charge is 0.238 e. The molecule has 0 N–H and O–H groups in total. The Balaban J connectivity index is 2.50. The number of nitrogens with zero attached hydrogens (tertiary/aromatic N) is 1. The Hall–Kier alpha value is -1.03. The Kier molecular flexibility index (Phi) is 2.70. The maximum Gasteiger partial charge on any atom is 0.238 e. The zero-order valence-electron chi connectivity index (χ0n) is 9.79. The van der Waals surface area contributed by atoms with Crippen LogP contribution in [-0.4, -0.2) is 19.7 Å². The van der Waals surface area contributed by atoms with E-state index in [0.29, 0.717) is 0 Å². The van der Waals surface area contributed by atoms with Crippen molar-refractivity contribution >= 4 is 15.7 Å². The van der Waals surface area contributed by atoms with E-state index in [2.05, 4.69) is 0 Å². The zero-order valence-corrected chi connectivity index (χ0v) is 10.6. The first kappa shape index (κ1) is 11.5. The van der Waals surface area contributed by atoms with E-state index in [-0.39, 0.29) is 17.2 Å². The van der Waals surface area contributed by atoms with Crippen LogP contribution in [0, 0.1) is 5.92 Å². The molecule has 4 heteroatoms. The molecule has 1 aliphatic heterocycles. The molecule has 3 unspecified atom stereocenters. The van der Waals surface area contributed by atoms with Gasteiger partial charge in [-0.25, -0.2) is 8.42 Å². The molecule has 2 rings (SSSR count). The predicted octanol–water partition coefficient (Wildman–Crippen LogP) is 2.25. The number of benzene rings is 1. The van der Waals surface area contributed by atoms with Crippen LogP contribution in [-0.2, 0) is 10.0 Å². The fourth-order valence-corrected chi connectivity index (χ4v) is 4.44. The zero-order chi connectivity index (χ0) is 11.9. The summed E-state index contributed by atoms with van der Waals surface area (Å²) < 4.78 is 26.0. The van der Waals surface area contributed by atoms with Gasteiger partial charge in [0.15, 0.2) is 0 Å². The van der Waals surface area contributed by atoms with Crippen molar-refractivity contribution in [3.8, 4) is 0 Å². The topological polar surface area (TPSA) is 37.4 Å². The normalized spacial score (nSPS) is 32.9. The number of hydrogen-bond donors (Lipinski definition) is 0. The van der Waals surface area contributed by atoms with Crippen LogP contribution in [0.4, 0.5) is 5.69 Å². The number of sulfonamides is 1. The minimum atomic E-state index is -3.18. The van der Waals surface area contributed by atoms with Crippen LogP contribution in [0.15, 0.2) is 30.3 Å². The molecule has 1 heterocycles. The molecule has 1 fully saturated rings. The summed E-state index contributed by atoms with van der Waals surface area (Å²) in [6, 6.07) is 9.35. The molecule has 0 amide bonds. The number of para-hydroxylation sites is 1. The number of anilines is 1. The van der Waals surface area contributed by atoms with Gasteiger partial charge in [-0.1, -0.05) is 25.1 Å². The Morgan fingerprint density at radius 1 is 1.06 bits per heavy atom. The van der Waals surface area contributed by atoms with E-state index in [0.717, 1.165) is 5.69 Å². The monoisotopic (exact) mass is 239 g/mol. The molecule has 1 saturated heterocycles. The minimum absolute atomic E-state index is 0.0300. The van der Waals surface area contributed by atoms with Gasteiger partial charge < -0.3 is 0 Å². The van der Waals surface area contributed by atoms with E-state index in [1.807, 2.05) is 44.2 Å². The average Bonchev–Trinajstić information content (AvgIpc) is 2.41. The van der Waals surface area contributed by atoms with Gasteiger partial charge in [0.05, 0.1) is 10.9 Å². The summed E-state index contributed by atoms with van der Waals surface area (Å²) in [6.07, 6.45) is 0. The van der Waals surface area contributed by atoms with Crippen LogP contribution in [0.3, 0.4) is 0 Å². The number of hydrogen-bond acceptors (Lipinski definition) is 2. The van der Waals surface area contributed by atoms with Crippen LogP contribution in [0.1, 0.15) is 20.8 Å². The molecular weight excluding hydrogens is 222 g/mol. The lowest BCUT2D eigenvalue weighted by atomic mass is 10.0. The van der Waals surface area contributed by atoms with Crippen molar-refractivity contribution in [2.24, 2.45) is 5.92 Å². The fourth-order valence-electron chi connectivity index (χ4n) is 2.24. The lowest BCUT2D eigenvalue weighted by Gasteiger charge is -2.23. The van der Waals surface area contributed by atoms with Gasteiger partial charge in [0.25, 0.3) is 0 Å². The predicted molar refractivity (Wildman–Crippen MR) is 65.9 cm³/mol. The molecule has 0 bridgehead atoms. The Labute approximate surface area is 97.1 Å². The molecule has 0 radical (unpaired) electrons. The van der Waals surface area contributed by atoms with Gasteiger partial charge in [-0.05, 0) is 31.9 Å². The van der Waals surface area contributed by atoms with Gasteiger partial charge in [0, 0.05) is 6.04 Å². The lowest BCUT2D eigenvalue weighted by molar-refractivity contribution is 0.511. The maximum atomic E-state index is 12.2. The maximum absolute atomic E-state index is 12.2. The molecule has 0 spiro atoms. The first-order chi connectivity index (χ1) is 7.46. The average molecular weight is 239 g/mol. The molecular formula is C12H17NO2S. The molecule has 0 aromatic heterocycles. The Morgan fingerprint density at radius 2 is 1.62 bits per heavy atom. The number of rotatable bonds is 1. The highest BCUT2D eigenvalue weighted by atomic mass is 32.2. The SMILES string of the molecule is CC1C(C)N(c2ccccc2)S(=O)(=O)C1C. The van der Waals surface area contributed by atoms with Gasteiger partial charge in [-0.15, -0.1) is 0 Å². The Morgan fingerprint density at radius 3 is 2.06 bits per heavy atom. The lowest BCUT2D eigenvalue weighted by Crippen LogP contribution is -2.32. The third-order valence-electron chi connectivity index (χ3n) is 3.63. The van der Waals surface area contributed by atoms with Crippen molar-refractivity contribution < 1.29 is 8.42 Å². The fraction of sp³-hybridized carbons (Fsp3) is 0.500. The summed E-state index contributed by atoms with van der Waals surface area (Å²) in [7, 11) is -3.18. The largest absolute Gasteiger partial charge is 0.267 e. The minimum Gasteiger partial charge on any atom is -0.267 e. The molecule has 1 aliphatic rings. The molecule has 3 atom stereocenters. The second kappa shape index (κ2) is 3.77.